The quantitative estimate of drug-likeness (QED) is 0.333. The highest BCUT2D eigenvalue weighted by atomic mass is 127. The molecule has 6 heteroatoms. The predicted octanol–water partition coefficient (Wildman–Crippen LogP) is 2.00. The van der Waals surface area contributed by atoms with Gasteiger partial charge >= 0.3 is 0 Å². The Bertz CT molecular complexity index is 464. The summed E-state index contributed by atoms with van der Waals surface area (Å²) >= 11 is 0. The summed E-state index contributed by atoms with van der Waals surface area (Å²) in [6.45, 7) is 5.66. The van der Waals surface area contributed by atoms with Crippen molar-refractivity contribution in [3.05, 3.63) is 29.8 Å². The summed E-state index contributed by atoms with van der Waals surface area (Å²) in [5.41, 5.74) is 2.60. The summed E-state index contributed by atoms with van der Waals surface area (Å²) in [5.74, 6) is 0.850. The van der Waals surface area contributed by atoms with Gasteiger partial charge < -0.3 is 20.3 Å². The Labute approximate surface area is 150 Å². The highest BCUT2D eigenvalue weighted by Crippen LogP contribution is 2.20. The number of hydrogen-bond acceptors (Lipinski definition) is 3. The topological polar surface area (TPSA) is 48.9 Å². The zero-order valence-corrected chi connectivity index (χ0v) is 16.0. The summed E-state index contributed by atoms with van der Waals surface area (Å²) in [5, 5.41) is 6.73. The molecule has 124 valence electrons. The zero-order valence-electron chi connectivity index (χ0n) is 13.6. The maximum atomic E-state index is 5.04. The minimum Gasteiger partial charge on any atom is -0.383 e. The summed E-state index contributed by atoms with van der Waals surface area (Å²) in [6, 6.07) is 9.16. The Hall–Kier alpha value is -1.02. The van der Waals surface area contributed by atoms with Crippen LogP contribution in [0.25, 0.3) is 0 Å². The first kappa shape index (κ1) is 19.0. The third kappa shape index (κ3) is 5.64. The number of guanidine groups is 1. The van der Waals surface area contributed by atoms with Crippen molar-refractivity contribution >= 4 is 35.6 Å². The molecule has 2 N–H and O–H groups in total. The molecule has 0 aliphatic carbocycles. The third-order valence-corrected chi connectivity index (χ3v) is 3.75. The van der Waals surface area contributed by atoms with Crippen LogP contribution in [0.3, 0.4) is 0 Å². The van der Waals surface area contributed by atoms with Gasteiger partial charge in [0, 0.05) is 45.5 Å². The smallest absolute Gasteiger partial charge is 0.191 e. The average molecular weight is 418 g/mol. The number of ether oxygens (including phenoxy) is 1. The van der Waals surface area contributed by atoms with E-state index in [4.69, 9.17) is 4.74 Å². The Morgan fingerprint density at radius 1 is 1.36 bits per heavy atom. The molecule has 1 saturated heterocycles. The lowest BCUT2D eigenvalue weighted by Crippen LogP contribution is -2.45. The molecule has 2 rings (SSSR count). The van der Waals surface area contributed by atoms with E-state index in [0.29, 0.717) is 12.6 Å². The van der Waals surface area contributed by atoms with Gasteiger partial charge in [0.25, 0.3) is 0 Å². The normalized spacial score (nSPS) is 18.0. The second-order valence-corrected chi connectivity index (χ2v) is 5.40. The number of aryl methyl sites for hydroxylation is 1. The van der Waals surface area contributed by atoms with Crippen LogP contribution in [0, 0.1) is 6.92 Å². The number of nitrogens with zero attached hydrogens (tertiary/aromatic N) is 2. The van der Waals surface area contributed by atoms with E-state index in [1.165, 1.54) is 11.3 Å². The number of aliphatic imine (C=N–C) groups is 1. The monoisotopic (exact) mass is 418 g/mol. The van der Waals surface area contributed by atoms with Gasteiger partial charge in [0.05, 0.1) is 6.61 Å². The van der Waals surface area contributed by atoms with Crippen LogP contribution in [0.15, 0.2) is 29.3 Å². The van der Waals surface area contributed by atoms with Crippen LogP contribution < -0.4 is 15.5 Å². The molecule has 1 fully saturated rings. The van der Waals surface area contributed by atoms with Gasteiger partial charge in [-0.15, -0.1) is 24.0 Å². The average Bonchev–Trinajstić information content (AvgIpc) is 2.95. The number of benzene rings is 1. The van der Waals surface area contributed by atoms with Crippen LogP contribution in [0.2, 0.25) is 0 Å². The van der Waals surface area contributed by atoms with Crippen molar-refractivity contribution in [1.29, 1.82) is 0 Å². The molecule has 0 radical (unpaired) electrons. The fraction of sp³-hybridized carbons (Fsp3) is 0.562. The Kier molecular flexibility index (Phi) is 8.55. The lowest BCUT2D eigenvalue weighted by Gasteiger charge is -2.20. The minimum atomic E-state index is 0. The summed E-state index contributed by atoms with van der Waals surface area (Å²) in [4.78, 5) is 6.67. The van der Waals surface area contributed by atoms with Crippen molar-refractivity contribution in [2.75, 3.05) is 45.3 Å². The number of halogens is 1. The standard InChI is InChI=1S/C16H26N4O.HI/c1-13-4-6-15(7-5-13)20-10-8-14(12-20)19-16(17-2)18-9-11-21-3;/h4-7,14H,8-12H2,1-3H3,(H2,17,18,19);1H. The number of hydrogen-bond donors (Lipinski definition) is 2. The van der Waals surface area contributed by atoms with Gasteiger partial charge in [-0.3, -0.25) is 4.99 Å². The number of anilines is 1. The number of methoxy groups -OCH3 is 1. The van der Waals surface area contributed by atoms with E-state index >= 15 is 0 Å². The lowest BCUT2D eigenvalue weighted by molar-refractivity contribution is 0.203. The molecule has 1 heterocycles. The van der Waals surface area contributed by atoms with E-state index in [9.17, 15) is 0 Å². The Morgan fingerprint density at radius 2 is 2.09 bits per heavy atom. The molecule has 1 aromatic carbocycles. The van der Waals surface area contributed by atoms with Crippen molar-refractivity contribution < 1.29 is 4.74 Å². The maximum Gasteiger partial charge on any atom is 0.191 e. The van der Waals surface area contributed by atoms with E-state index < -0.39 is 0 Å². The van der Waals surface area contributed by atoms with Gasteiger partial charge in [-0.05, 0) is 25.5 Å². The van der Waals surface area contributed by atoms with Crippen molar-refractivity contribution in [2.24, 2.45) is 4.99 Å². The zero-order chi connectivity index (χ0) is 15.1. The Morgan fingerprint density at radius 3 is 2.73 bits per heavy atom. The highest BCUT2D eigenvalue weighted by molar-refractivity contribution is 14.0. The molecule has 1 aliphatic heterocycles. The van der Waals surface area contributed by atoms with Gasteiger partial charge in [-0.2, -0.15) is 0 Å². The molecule has 1 aromatic rings. The largest absolute Gasteiger partial charge is 0.383 e. The van der Waals surface area contributed by atoms with Crippen LogP contribution in [0.4, 0.5) is 5.69 Å². The molecular weight excluding hydrogens is 391 g/mol. The molecule has 22 heavy (non-hydrogen) atoms. The SMILES string of the molecule is CN=C(NCCOC)NC1CCN(c2ccc(C)cc2)C1.I. The predicted molar refractivity (Wildman–Crippen MR) is 104 cm³/mol. The van der Waals surface area contributed by atoms with Gasteiger partial charge in [-0.25, -0.2) is 0 Å². The first-order chi connectivity index (χ1) is 10.2. The first-order valence-electron chi connectivity index (χ1n) is 7.50. The van der Waals surface area contributed by atoms with Gasteiger partial charge in [0.15, 0.2) is 5.96 Å². The second-order valence-electron chi connectivity index (χ2n) is 5.40. The van der Waals surface area contributed by atoms with Crippen molar-refractivity contribution in [2.45, 2.75) is 19.4 Å². The molecule has 0 bridgehead atoms. The van der Waals surface area contributed by atoms with Crippen LogP contribution in [0.5, 0.6) is 0 Å². The van der Waals surface area contributed by atoms with Crippen LogP contribution >= 0.6 is 24.0 Å². The van der Waals surface area contributed by atoms with Crippen molar-refractivity contribution in [3.63, 3.8) is 0 Å². The molecule has 5 nitrogen and oxygen atoms in total. The molecule has 1 unspecified atom stereocenters. The van der Waals surface area contributed by atoms with Gasteiger partial charge in [0.1, 0.15) is 0 Å². The van der Waals surface area contributed by atoms with E-state index in [0.717, 1.165) is 32.0 Å². The first-order valence-corrected chi connectivity index (χ1v) is 7.50. The fourth-order valence-electron chi connectivity index (χ4n) is 2.53. The van der Waals surface area contributed by atoms with Gasteiger partial charge in [-0.1, -0.05) is 17.7 Å². The molecule has 1 aliphatic rings. The molecule has 0 saturated carbocycles. The fourth-order valence-corrected chi connectivity index (χ4v) is 2.53. The van der Waals surface area contributed by atoms with E-state index in [-0.39, 0.29) is 24.0 Å². The second kappa shape index (κ2) is 9.89. The lowest BCUT2D eigenvalue weighted by atomic mass is 10.2. The minimum absolute atomic E-state index is 0. The third-order valence-electron chi connectivity index (χ3n) is 3.75. The van der Waals surface area contributed by atoms with E-state index in [1.54, 1.807) is 14.2 Å². The van der Waals surface area contributed by atoms with Crippen LogP contribution in [-0.4, -0.2) is 52.4 Å². The van der Waals surface area contributed by atoms with Crippen LogP contribution in [0.1, 0.15) is 12.0 Å². The number of rotatable bonds is 5. The van der Waals surface area contributed by atoms with E-state index in [1.807, 2.05) is 0 Å². The summed E-state index contributed by atoms with van der Waals surface area (Å²) in [7, 11) is 3.50. The van der Waals surface area contributed by atoms with Crippen molar-refractivity contribution in [1.82, 2.24) is 10.6 Å². The molecule has 0 amide bonds. The van der Waals surface area contributed by atoms with E-state index in [2.05, 4.69) is 51.7 Å². The summed E-state index contributed by atoms with van der Waals surface area (Å²) in [6.07, 6.45) is 1.12. The number of nitrogens with one attached hydrogen (secondary N) is 2. The van der Waals surface area contributed by atoms with Crippen molar-refractivity contribution in [3.8, 4) is 0 Å². The maximum absolute atomic E-state index is 5.04. The molecule has 1 atom stereocenters. The molecule has 0 spiro atoms. The molecular formula is C16H27IN4O. The molecule has 0 aromatic heterocycles. The summed E-state index contributed by atoms with van der Waals surface area (Å²) < 4.78 is 5.04. The van der Waals surface area contributed by atoms with Crippen LogP contribution in [-0.2, 0) is 4.74 Å². The Balaban J connectivity index is 0.00000242. The van der Waals surface area contributed by atoms with Gasteiger partial charge in [0.2, 0.25) is 0 Å². The highest BCUT2D eigenvalue weighted by Gasteiger charge is 2.23.